The van der Waals surface area contributed by atoms with Gasteiger partial charge >= 0.3 is 0 Å². The van der Waals surface area contributed by atoms with Gasteiger partial charge in [-0.25, -0.2) is 4.98 Å². The zero-order chi connectivity index (χ0) is 12.0. The van der Waals surface area contributed by atoms with Gasteiger partial charge < -0.3 is 20.7 Å². The van der Waals surface area contributed by atoms with Crippen LogP contribution < -0.4 is 16.6 Å². The van der Waals surface area contributed by atoms with Crippen molar-refractivity contribution in [1.29, 1.82) is 0 Å². The molecule has 0 aliphatic carbocycles. The van der Waals surface area contributed by atoms with E-state index >= 15 is 0 Å². The van der Waals surface area contributed by atoms with Crippen LogP contribution in [0.25, 0.3) is 11.2 Å². The molecule has 17 heavy (non-hydrogen) atoms. The molecule has 0 saturated carbocycles. The molecule has 1 aliphatic rings. The highest BCUT2D eigenvalue weighted by Gasteiger charge is 2.28. The Morgan fingerprint density at radius 1 is 1.53 bits per heavy atom. The number of aromatic amines is 1. The van der Waals surface area contributed by atoms with Gasteiger partial charge in [0.25, 0.3) is 5.56 Å². The zero-order valence-corrected chi connectivity index (χ0v) is 8.92. The lowest BCUT2D eigenvalue weighted by atomic mass is 10.2. The number of aliphatic hydroxyl groups is 1. The molecule has 0 aromatic carbocycles. The first-order valence-corrected chi connectivity index (χ1v) is 5.28. The van der Waals surface area contributed by atoms with Crippen molar-refractivity contribution in [2.24, 2.45) is 0 Å². The van der Waals surface area contributed by atoms with Gasteiger partial charge in [-0.15, -0.1) is 0 Å². The summed E-state index contributed by atoms with van der Waals surface area (Å²) in [6, 6.07) is -0.173. The summed E-state index contributed by atoms with van der Waals surface area (Å²) in [6.45, 7) is 1.13. The summed E-state index contributed by atoms with van der Waals surface area (Å²) in [5.74, 6) is 0.0460. The van der Waals surface area contributed by atoms with E-state index in [0.717, 1.165) is 0 Å². The number of anilines is 1. The predicted molar refractivity (Wildman–Crippen MR) is 60.5 cm³/mol. The van der Waals surface area contributed by atoms with Crippen molar-refractivity contribution in [3.05, 3.63) is 16.7 Å². The van der Waals surface area contributed by atoms with Crippen molar-refractivity contribution in [3.8, 4) is 0 Å². The molecule has 1 aliphatic heterocycles. The lowest BCUT2D eigenvalue weighted by Crippen LogP contribution is -2.22. The molecular formula is C9H12N6O2. The lowest BCUT2D eigenvalue weighted by molar-refractivity contribution is 0.152. The van der Waals surface area contributed by atoms with Crippen LogP contribution in [0, 0.1) is 0 Å². The molecule has 90 valence electrons. The summed E-state index contributed by atoms with van der Waals surface area (Å²) < 4.78 is 1.69. The number of nitrogens with one attached hydrogen (secondary N) is 2. The second-order valence-corrected chi connectivity index (χ2v) is 4.07. The largest absolute Gasteiger partial charge is 0.390 e. The normalized spacial score (nSPS) is 24.5. The topological polar surface area (TPSA) is 122 Å². The lowest BCUT2D eigenvalue weighted by Gasteiger charge is -2.15. The Kier molecular flexibility index (Phi) is 2.13. The van der Waals surface area contributed by atoms with E-state index in [4.69, 9.17) is 5.73 Å². The minimum absolute atomic E-state index is 0.0460. The monoisotopic (exact) mass is 236 g/mol. The van der Waals surface area contributed by atoms with Gasteiger partial charge in [0.2, 0.25) is 5.95 Å². The van der Waals surface area contributed by atoms with Gasteiger partial charge in [0.05, 0.1) is 18.5 Å². The predicted octanol–water partition coefficient (Wildman–Crippen LogP) is -1.79. The molecule has 0 amide bonds. The highest BCUT2D eigenvalue weighted by Crippen LogP contribution is 2.19. The van der Waals surface area contributed by atoms with E-state index < -0.39 is 6.10 Å². The number of hydrogen-bond acceptors (Lipinski definition) is 6. The van der Waals surface area contributed by atoms with E-state index in [0.29, 0.717) is 18.7 Å². The fourth-order valence-electron chi connectivity index (χ4n) is 2.12. The molecule has 5 N–H and O–H groups in total. The Bertz CT molecular complexity index is 617. The maximum Gasteiger partial charge on any atom is 0.280 e. The van der Waals surface area contributed by atoms with Gasteiger partial charge in [0, 0.05) is 13.1 Å². The van der Waals surface area contributed by atoms with Gasteiger partial charge in [0.1, 0.15) is 0 Å². The molecule has 2 aromatic heterocycles. The highest BCUT2D eigenvalue weighted by molar-refractivity contribution is 5.70. The van der Waals surface area contributed by atoms with Gasteiger partial charge in [0.15, 0.2) is 11.2 Å². The Hall–Kier alpha value is -1.93. The first-order chi connectivity index (χ1) is 8.16. The number of imidazole rings is 1. The number of aliphatic hydroxyl groups excluding tert-OH is 1. The van der Waals surface area contributed by atoms with Crippen molar-refractivity contribution in [1.82, 2.24) is 24.8 Å². The molecular weight excluding hydrogens is 224 g/mol. The summed E-state index contributed by atoms with van der Waals surface area (Å²) in [4.78, 5) is 22.0. The molecule has 8 nitrogen and oxygen atoms in total. The molecule has 0 bridgehead atoms. The first kappa shape index (κ1) is 10.2. The molecule has 0 spiro atoms. The maximum atomic E-state index is 11.6. The first-order valence-electron chi connectivity index (χ1n) is 5.28. The summed E-state index contributed by atoms with van der Waals surface area (Å²) >= 11 is 0. The summed E-state index contributed by atoms with van der Waals surface area (Å²) in [5.41, 5.74) is 5.77. The van der Waals surface area contributed by atoms with Crippen LogP contribution in [0.5, 0.6) is 0 Å². The van der Waals surface area contributed by atoms with Gasteiger partial charge in [-0.2, -0.15) is 4.98 Å². The molecule has 3 heterocycles. The minimum atomic E-state index is -0.519. The SMILES string of the molecule is Nc1nc2c(ncn2[C@@H]2CNC[C@@H]2O)c(=O)[nH]1. The molecule has 1 fully saturated rings. The van der Waals surface area contributed by atoms with E-state index in [1.165, 1.54) is 6.33 Å². The van der Waals surface area contributed by atoms with Crippen LogP contribution in [-0.4, -0.2) is 43.8 Å². The van der Waals surface area contributed by atoms with Crippen molar-refractivity contribution in [3.63, 3.8) is 0 Å². The van der Waals surface area contributed by atoms with Crippen molar-refractivity contribution >= 4 is 17.1 Å². The number of fused-ring (bicyclic) bond motifs is 1. The third kappa shape index (κ3) is 1.49. The summed E-state index contributed by atoms with van der Waals surface area (Å²) in [6.07, 6.45) is 0.988. The number of nitrogens with two attached hydrogens (primary N) is 1. The molecule has 0 radical (unpaired) electrons. The van der Waals surface area contributed by atoms with Gasteiger partial charge in [-0.3, -0.25) is 9.78 Å². The van der Waals surface area contributed by atoms with E-state index in [1.807, 2.05) is 0 Å². The molecule has 2 aromatic rings. The Morgan fingerprint density at radius 3 is 3.06 bits per heavy atom. The quantitative estimate of drug-likeness (QED) is 0.464. The van der Waals surface area contributed by atoms with Crippen molar-refractivity contribution in [2.75, 3.05) is 18.8 Å². The number of β-amino-alcohol motifs (C(OH)–C–C–N with tert-alkyl or cyclic N) is 1. The number of H-pyrrole nitrogens is 1. The van der Waals surface area contributed by atoms with Gasteiger partial charge in [-0.05, 0) is 0 Å². The number of rotatable bonds is 1. The number of hydrogen-bond donors (Lipinski definition) is 4. The van der Waals surface area contributed by atoms with Crippen LogP contribution in [0.4, 0.5) is 5.95 Å². The van der Waals surface area contributed by atoms with E-state index in [-0.39, 0.29) is 23.1 Å². The summed E-state index contributed by atoms with van der Waals surface area (Å²) in [7, 11) is 0. The standard InChI is InChI=1S/C9H12N6O2/c10-9-13-7-6(8(17)14-9)12-3-15(7)4-1-11-2-5(4)16/h3-5,11,16H,1-2H2,(H3,10,13,14,17)/t4-,5+/m1/s1. The smallest absolute Gasteiger partial charge is 0.280 e. The van der Waals surface area contributed by atoms with Crippen LogP contribution in [0.3, 0.4) is 0 Å². The third-order valence-corrected chi connectivity index (χ3v) is 2.96. The fourth-order valence-corrected chi connectivity index (χ4v) is 2.12. The minimum Gasteiger partial charge on any atom is -0.390 e. The molecule has 1 saturated heterocycles. The summed E-state index contributed by atoms with van der Waals surface area (Å²) in [5, 5.41) is 12.9. The highest BCUT2D eigenvalue weighted by atomic mass is 16.3. The Labute approximate surface area is 95.5 Å². The average Bonchev–Trinajstić information content (AvgIpc) is 2.84. The van der Waals surface area contributed by atoms with E-state index in [1.54, 1.807) is 4.57 Å². The maximum absolute atomic E-state index is 11.6. The zero-order valence-electron chi connectivity index (χ0n) is 8.92. The Balaban J connectivity index is 2.21. The van der Waals surface area contributed by atoms with Crippen LogP contribution >= 0.6 is 0 Å². The average molecular weight is 236 g/mol. The van der Waals surface area contributed by atoms with Crippen LogP contribution in [0.2, 0.25) is 0 Å². The molecule has 2 atom stereocenters. The van der Waals surface area contributed by atoms with Crippen LogP contribution in [0.15, 0.2) is 11.1 Å². The molecule has 0 unspecified atom stereocenters. The Morgan fingerprint density at radius 2 is 2.35 bits per heavy atom. The van der Waals surface area contributed by atoms with E-state index in [2.05, 4.69) is 20.3 Å². The van der Waals surface area contributed by atoms with Crippen LogP contribution in [-0.2, 0) is 0 Å². The van der Waals surface area contributed by atoms with Crippen molar-refractivity contribution < 1.29 is 5.11 Å². The molecule has 8 heteroatoms. The third-order valence-electron chi connectivity index (χ3n) is 2.96. The second kappa shape index (κ2) is 3.54. The van der Waals surface area contributed by atoms with Crippen molar-refractivity contribution in [2.45, 2.75) is 12.1 Å². The number of aromatic nitrogens is 4. The van der Waals surface area contributed by atoms with Gasteiger partial charge in [-0.1, -0.05) is 0 Å². The van der Waals surface area contributed by atoms with Crippen LogP contribution in [0.1, 0.15) is 6.04 Å². The number of nitrogen functional groups attached to an aromatic ring is 1. The number of nitrogens with zero attached hydrogens (tertiary/aromatic N) is 3. The second-order valence-electron chi connectivity index (χ2n) is 4.07. The molecule has 3 rings (SSSR count). The van der Waals surface area contributed by atoms with E-state index in [9.17, 15) is 9.90 Å². The fraction of sp³-hybridized carbons (Fsp3) is 0.444.